The summed E-state index contributed by atoms with van der Waals surface area (Å²) in [6, 6.07) is 20.8. The molecule has 0 saturated carbocycles. The Labute approximate surface area is 201 Å². The van der Waals surface area contributed by atoms with Crippen LogP contribution in [0.15, 0.2) is 77.7 Å². The molecule has 0 heterocycles. The third kappa shape index (κ3) is 6.01. The highest BCUT2D eigenvalue weighted by atomic mass is 32.2. The van der Waals surface area contributed by atoms with Gasteiger partial charge in [0.2, 0.25) is 21.8 Å². The van der Waals surface area contributed by atoms with Crippen molar-refractivity contribution in [3.63, 3.8) is 0 Å². The lowest BCUT2D eigenvalue weighted by molar-refractivity contribution is -0.140. The molecule has 0 bridgehead atoms. The van der Waals surface area contributed by atoms with Crippen LogP contribution in [0, 0.1) is 0 Å². The summed E-state index contributed by atoms with van der Waals surface area (Å²) in [5.74, 6) is -0.749. The second-order valence-corrected chi connectivity index (χ2v) is 10.7. The van der Waals surface area contributed by atoms with Crippen LogP contribution < -0.4 is 5.32 Å². The van der Waals surface area contributed by atoms with E-state index < -0.39 is 22.0 Å². The number of hydrogen-bond donors (Lipinski definition) is 1. The average Bonchev–Trinajstić information content (AvgIpc) is 2.81. The van der Waals surface area contributed by atoms with Crippen LogP contribution in [0.25, 0.3) is 10.8 Å². The van der Waals surface area contributed by atoms with Crippen LogP contribution in [0.4, 0.5) is 0 Å². The predicted octanol–water partition coefficient (Wildman–Crippen LogP) is 3.40. The highest BCUT2D eigenvalue weighted by Crippen LogP contribution is 2.21. The van der Waals surface area contributed by atoms with Gasteiger partial charge in [-0.15, -0.1) is 0 Å². The fourth-order valence-corrected chi connectivity index (χ4v) is 4.80. The molecule has 3 aromatic carbocycles. The van der Waals surface area contributed by atoms with Crippen molar-refractivity contribution in [3.05, 3.63) is 78.4 Å². The number of likely N-dealkylation sites (N-methyl/N-ethyl adjacent to an activating group) is 1. The average molecular weight is 482 g/mol. The van der Waals surface area contributed by atoms with E-state index in [1.54, 1.807) is 25.1 Å². The number of carbonyl (C=O) groups excluding carboxylic acids is 2. The zero-order chi connectivity index (χ0) is 24.9. The Kier molecular flexibility index (Phi) is 8.06. The standard InChI is InChI=1S/C26H31N3O4S/c1-19(2)27-26(31)20(3)29(17-21-10-6-5-7-11-21)25(30)18-28(4)34(32,33)24-15-14-22-12-8-9-13-23(22)16-24/h5-16,19-20H,17-18H2,1-4H3,(H,27,31)/t20-/m0/s1. The van der Waals surface area contributed by atoms with Gasteiger partial charge in [-0.3, -0.25) is 9.59 Å². The summed E-state index contributed by atoms with van der Waals surface area (Å²) in [6.07, 6.45) is 0. The third-order valence-corrected chi connectivity index (χ3v) is 7.38. The molecule has 2 amide bonds. The molecule has 0 aliphatic heterocycles. The predicted molar refractivity (Wildman–Crippen MR) is 133 cm³/mol. The molecule has 1 atom stereocenters. The quantitative estimate of drug-likeness (QED) is 0.508. The van der Waals surface area contributed by atoms with Crippen molar-refractivity contribution in [1.29, 1.82) is 0 Å². The minimum absolute atomic E-state index is 0.0837. The van der Waals surface area contributed by atoms with Crippen molar-refractivity contribution < 1.29 is 18.0 Å². The molecule has 0 radical (unpaired) electrons. The lowest BCUT2D eigenvalue weighted by Crippen LogP contribution is -2.51. The number of benzene rings is 3. The van der Waals surface area contributed by atoms with E-state index in [4.69, 9.17) is 0 Å². The van der Waals surface area contributed by atoms with E-state index in [0.29, 0.717) is 0 Å². The summed E-state index contributed by atoms with van der Waals surface area (Å²) in [5, 5.41) is 4.55. The van der Waals surface area contributed by atoms with E-state index >= 15 is 0 Å². The fraction of sp³-hybridized carbons (Fsp3) is 0.308. The zero-order valence-corrected chi connectivity index (χ0v) is 20.7. The molecule has 0 fully saturated rings. The maximum absolute atomic E-state index is 13.3. The molecule has 0 spiro atoms. The Morgan fingerprint density at radius 1 is 0.882 bits per heavy atom. The molecule has 0 aromatic heterocycles. The van der Waals surface area contributed by atoms with Gasteiger partial charge >= 0.3 is 0 Å². The van der Waals surface area contributed by atoms with Crippen molar-refractivity contribution in [3.8, 4) is 0 Å². The first kappa shape index (κ1) is 25.4. The number of fused-ring (bicyclic) bond motifs is 1. The van der Waals surface area contributed by atoms with Gasteiger partial charge in [0.1, 0.15) is 6.04 Å². The molecule has 8 heteroatoms. The van der Waals surface area contributed by atoms with Crippen LogP contribution in [0.2, 0.25) is 0 Å². The first-order valence-electron chi connectivity index (χ1n) is 11.2. The second-order valence-electron chi connectivity index (χ2n) is 8.62. The van der Waals surface area contributed by atoms with Gasteiger partial charge < -0.3 is 10.2 Å². The van der Waals surface area contributed by atoms with Crippen LogP contribution in [-0.2, 0) is 26.2 Å². The number of carbonyl (C=O) groups is 2. The van der Waals surface area contributed by atoms with Crippen molar-refractivity contribution in [1.82, 2.24) is 14.5 Å². The number of nitrogens with one attached hydrogen (secondary N) is 1. The molecular weight excluding hydrogens is 450 g/mol. The largest absolute Gasteiger partial charge is 0.352 e. The van der Waals surface area contributed by atoms with Gasteiger partial charge in [0.05, 0.1) is 11.4 Å². The van der Waals surface area contributed by atoms with Gasteiger partial charge in [0.15, 0.2) is 0 Å². The van der Waals surface area contributed by atoms with E-state index in [2.05, 4.69) is 5.32 Å². The highest BCUT2D eigenvalue weighted by Gasteiger charge is 2.30. The number of nitrogens with zero attached hydrogens (tertiary/aromatic N) is 2. The van der Waals surface area contributed by atoms with Crippen LogP contribution >= 0.6 is 0 Å². The van der Waals surface area contributed by atoms with E-state index in [-0.39, 0.29) is 29.9 Å². The Morgan fingerprint density at radius 3 is 2.15 bits per heavy atom. The third-order valence-electron chi connectivity index (χ3n) is 5.58. The van der Waals surface area contributed by atoms with Gasteiger partial charge in [-0.05, 0) is 49.2 Å². The summed E-state index contributed by atoms with van der Waals surface area (Å²) in [6.45, 7) is 5.14. The number of hydrogen-bond acceptors (Lipinski definition) is 4. The molecule has 0 aliphatic rings. The Bertz CT molecular complexity index is 1260. The Morgan fingerprint density at radius 2 is 1.50 bits per heavy atom. The van der Waals surface area contributed by atoms with Crippen molar-refractivity contribution in [2.75, 3.05) is 13.6 Å². The number of amides is 2. The van der Waals surface area contributed by atoms with Crippen LogP contribution in [-0.4, -0.2) is 55.1 Å². The van der Waals surface area contributed by atoms with Crippen LogP contribution in [0.1, 0.15) is 26.3 Å². The smallest absolute Gasteiger partial charge is 0.243 e. The first-order valence-corrected chi connectivity index (χ1v) is 12.6. The van der Waals surface area contributed by atoms with Gasteiger partial charge in [-0.1, -0.05) is 60.7 Å². The number of sulfonamides is 1. The van der Waals surface area contributed by atoms with Gasteiger partial charge in [-0.25, -0.2) is 8.42 Å². The molecule has 0 unspecified atom stereocenters. The maximum atomic E-state index is 13.3. The molecule has 1 N–H and O–H groups in total. The summed E-state index contributed by atoms with van der Waals surface area (Å²) < 4.78 is 27.5. The minimum Gasteiger partial charge on any atom is -0.352 e. The molecule has 3 aromatic rings. The summed E-state index contributed by atoms with van der Waals surface area (Å²) in [7, 11) is -2.53. The monoisotopic (exact) mass is 481 g/mol. The topological polar surface area (TPSA) is 86.8 Å². The van der Waals surface area contributed by atoms with E-state index in [9.17, 15) is 18.0 Å². The first-order chi connectivity index (χ1) is 16.1. The zero-order valence-electron chi connectivity index (χ0n) is 19.9. The maximum Gasteiger partial charge on any atom is 0.243 e. The second kappa shape index (κ2) is 10.8. The normalized spacial score (nSPS) is 12.6. The van der Waals surface area contributed by atoms with E-state index in [1.165, 1.54) is 11.9 Å². The SMILES string of the molecule is CC(C)NC(=O)[C@H](C)N(Cc1ccccc1)C(=O)CN(C)S(=O)(=O)c1ccc2ccccc2c1. The molecule has 3 rings (SSSR count). The summed E-state index contributed by atoms with van der Waals surface area (Å²) in [4.78, 5) is 27.5. The van der Waals surface area contributed by atoms with Crippen molar-refractivity contribution in [2.45, 2.75) is 44.3 Å². The lowest BCUT2D eigenvalue weighted by atomic mass is 10.1. The van der Waals surface area contributed by atoms with E-state index in [0.717, 1.165) is 20.6 Å². The lowest BCUT2D eigenvalue weighted by Gasteiger charge is -2.30. The molecule has 0 aliphatic carbocycles. The van der Waals surface area contributed by atoms with E-state index in [1.807, 2.05) is 68.4 Å². The molecule has 0 saturated heterocycles. The fourth-order valence-electron chi connectivity index (χ4n) is 3.64. The van der Waals surface area contributed by atoms with Gasteiger partial charge in [0, 0.05) is 19.6 Å². The van der Waals surface area contributed by atoms with Crippen LogP contribution in [0.5, 0.6) is 0 Å². The number of rotatable bonds is 9. The molecule has 180 valence electrons. The Hall–Kier alpha value is -3.23. The highest BCUT2D eigenvalue weighted by molar-refractivity contribution is 7.89. The minimum atomic E-state index is -3.91. The summed E-state index contributed by atoms with van der Waals surface area (Å²) in [5.41, 5.74) is 0.847. The van der Waals surface area contributed by atoms with Crippen molar-refractivity contribution >= 4 is 32.6 Å². The van der Waals surface area contributed by atoms with Gasteiger partial charge in [-0.2, -0.15) is 4.31 Å². The van der Waals surface area contributed by atoms with Crippen molar-refractivity contribution in [2.24, 2.45) is 0 Å². The van der Waals surface area contributed by atoms with Crippen LogP contribution in [0.3, 0.4) is 0 Å². The molecule has 34 heavy (non-hydrogen) atoms. The Balaban J connectivity index is 1.83. The van der Waals surface area contributed by atoms with Gasteiger partial charge in [0.25, 0.3) is 0 Å². The molecular formula is C26H31N3O4S. The molecule has 7 nitrogen and oxygen atoms in total. The summed E-state index contributed by atoms with van der Waals surface area (Å²) >= 11 is 0.